The van der Waals surface area contributed by atoms with E-state index in [0.29, 0.717) is 12.1 Å². The van der Waals surface area contributed by atoms with Crippen molar-refractivity contribution in [2.45, 2.75) is 253 Å². The zero-order chi connectivity index (χ0) is 82.9. The number of halogens is 2. The van der Waals surface area contributed by atoms with Crippen LogP contribution in [-0.4, -0.2) is 166 Å². The Morgan fingerprint density at radius 1 is 0.426 bits per heavy atom. The third-order valence-corrected chi connectivity index (χ3v) is 20.7. The molecule has 12 atom stereocenters. The van der Waals surface area contributed by atoms with Crippen LogP contribution in [0.2, 0.25) is 0 Å². The number of nitrogen functional groups attached to an aromatic ring is 1. The van der Waals surface area contributed by atoms with Gasteiger partial charge in [-0.2, -0.15) is 0 Å². The molecule has 0 radical (unpaired) electrons. The maximum absolute atomic E-state index is 12.6. The zero-order valence-electron chi connectivity index (χ0n) is 67.5. The van der Waals surface area contributed by atoms with Crippen LogP contribution in [0.15, 0.2) is 143 Å². The van der Waals surface area contributed by atoms with Crippen molar-refractivity contribution in [1.82, 2.24) is 22.8 Å². The smallest absolute Gasteiger partial charge is 0.412 e. The summed E-state index contributed by atoms with van der Waals surface area (Å²) in [6.07, 6.45) is 32.0. The molecule has 6 aromatic heterocycles. The van der Waals surface area contributed by atoms with Crippen LogP contribution in [-0.2, 0) is 37.9 Å². The van der Waals surface area contributed by atoms with E-state index in [1.807, 2.05) is 12.3 Å². The number of aliphatic hydroxyl groups excluding tert-OH is 2. The Balaban J connectivity index is 0.000000286. The van der Waals surface area contributed by atoms with E-state index in [1.165, 1.54) is 67.1 Å². The summed E-state index contributed by atoms with van der Waals surface area (Å²) >= 11 is 0. The Morgan fingerprint density at radius 2 is 0.757 bits per heavy atom. The first-order chi connectivity index (χ1) is 54.0. The van der Waals surface area contributed by atoms with E-state index < -0.39 is 46.8 Å². The number of nitrogens with two attached hydrogens (primary N) is 2. The number of nitrogens with zero attached hydrogens (tertiary/aromatic N) is 5. The van der Waals surface area contributed by atoms with Crippen molar-refractivity contribution >= 4 is 66.2 Å². The highest BCUT2D eigenvalue weighted by Crippen LogP contribution is 2.33. The van der Waals surface area contributed by atoms with Gasteiger partial charge in [-0.05, 0) is 248 Å². The van der Waals surface area contributed by atoms with Gasteiger partial charge in [-0.3, -0.25) is 29.3 Å². The number of hydrogen-bond acceptors (Lipinski definition) is 24. The molecule has 8 N–H and O–H groups in total. The summed E-state index contributed by atoms with van der Waals surface area (Å²) in [7, 11) is 10.5. The lowest BCUT2D eigenvalue weighted by molar-refractivity contribution is 0.0517. The first kappa shape index (κ1) is 98.3. The second-order valence-electron chi connectivity index (χ2n) is 29.7. The number of aromatic nitrogens is 5. The molecule has 6 fully saturated rings. The van der Waals surface area contributed by atoms with Gasteiger partial charge in [0.25, 0.3) is 27.8 Å². The van der Waals surface area contributed by atoms with Crippen molar-refractivity contribution < 1.29 is 81.6 Å². The lowest BCUT2D eigenvalue weighted by atomic mass is 9.92. The standard InChI is InChI=1S/C17H26N2O4.C14H19NO4.2C13H17NO4.C12H18N2O2.C7H6O4.C6H13NO.2ClH/c1-17(2,3)23-16(21)18-14-9-6-10-19(15(14)20)12-7-5-8-13(11-12)22-4;1-18-11-6-3-5-10(9-11)15-8-4-7-12(13(15)16)14(17)19-2;1-18-10-5-2-4-9(8-10)14-7-3-6-11(12(14)15)13(16)17;1-18-13(17)11-6-3-7-14(12(11)16)9-4-2-5-10(15)8-9;1-16-10-5-2-4-9(8-10)14-7-3-6-11(13)12(14)15;1-10-6(8)5-3-2-4-11-7(5)9;7-5-2-1-3-6(8)4-5;;/h6,9-10,12-13H,5,7-8,11H2,1-4H3,(H,18,21);4,7-8,10-11H,3,5-6,9H2,1-2H3;3,6-7,9-10H,2,4-5,8H2,1H3,(H,16,17);3,6-7,9-10,15H,2,4-5,8H2,1H3;3,6-7,9-10H,2,4-5,8,13H2,1H3;2-4H,1H3;5-6,8H,1-4,7H2;2*1H/t12-,13-;10-,11-;3*9-,10-;;5-,6-;;/m00000.0../s1. The van der Waals surface area contributed by atoms with Gasteiger partial charge in [0.2, 0.25) is 0 Å². The maximum Gasteiger partial charge on any atom is 0.412 e. The predicted octanol–water partition coefficient (Wildman–Crippen LogP) is 11.0. The molecule has 6 saturated carbocycles. The minimum atomic E-state index is -1.17. The molecule has 0 bridgehead atoms. The van der Waals surface area contributed by atoms with Crippen LogP contribution in [0.5, 0.6) is 0 Å². The molecule has 0 unspecified atom stereocenters. The topological polar surface area (TPSA) is 424 Å². The number of nitrogens with one attached hydrogen (secondary N) is 1. The number of carbonyl (C=O) groups excluding carboxylic acids is 4. The number of esters is 3. The lowest BCUT2D eigenvalue weighted by Crippen LogP contribution is -2.34. The highest BCUT2D eigenvalue weighted by Gasteiger charge is 2.30. The minimum Gasteiger partial charge on any atom is -0.477 e. The van der Waals surface area contributed by atoms with Crippen LogP contribution < -0.4 is 50.2 Å². The van der Waals surface area contributed by atoms with E-state index in [-0.39, 0.29) is 148 Å². The molecule has 1 amide bonds. The first-order valence-electron chi connectivity index (χ1n) is 38.6. The van der Waals surface area contributed by atoms with Crippen LogP contribution in [0, 0.1) is 0 Å². The Kier molecular flexibility index (Phi) is 42.5. The van der Waals surface area contributed by atoms with Crippen molar-refractivity contribution in [2.24, 2.45) is 5.73 Å². The van der Waals surface area contributed by atoms with Gasteiger partial charge in [-0.15, -0.1) is 24.8 Å². The number of carbonyl (C=O) groups is 5. The van der Waals surface area contributed by atoms with Crippen LogP contribution in [0.1, 0.15) is 247 Å². The molecule has 6 aliphatic carbocycles. The number of aliphatic hydroxyl groups is 2. The predicted molar refractivity (Wildman–Crippen MR) is 437 cm³/mol. The molecule has 33 heteroatoms. The molecule has 6 aromatic rings. The SMILES string of the molecule is COC(=O)c1cccn([C@H]2CCC[C@H](O)C2)c1=O.COC(=O)c1cccn([C@H]2CCC[C@H](OC)C2)c1=O.COC(=O)c1cccoc1=O.CO[C@H]1CCC[C@H](n2cccc(C(=O)O)c2=O)C1.CO[C@H]1CCC[C@H](n2cccc(N)c2=O)C1.CO[C@H]1CCC[C@H](n2cccc(NC(=O)OC(C)(C)C)c2=O)C1.Cl.Cl.N[C@H]1CCC[C@H](O)C1. The van der Waals surface area contributed by atoms with Gasteiger partial charge in [0.1, 0.15) is 33.5 Å². The monoisotopic (exact) mass is 1650 g/mol. The first-order valence-corrected chi connectivity index (χ1v) is 38.6. The van der Waals surface area contributed by atoms with Crippen molar-refractivity contribution in [3.8, 4) is 0 Å². The molecule has 6 aliphatic rings. The zero-order valence-corrected chi connectivity index (χ0v) is 69.1. The number of ether oxygens (including phenoxy) is 8. The summed E-state index contributed by atoms with van der Waals surface area (Å²) in [5.74, 6) is -3.06. The second kappa shape index (κ2) is 49.8. The number of carboxylic acid groups (broad SMARTS) is 1. The summed E-state index contributed by atoms with van der Waals surface area (Å²) in [6, 6.07) is 19.6. The number of aromatic carboxylic acids is 1. The molecule has 115 heavy (non-hydrogen) atoms. The minimum absolute atomic E-state index is 0. The average Bonchev–Trinajstić information content (AvgIpc) is 0.833. The third-order valence-electron chi connectivity index (χ3n) is 20.7. The van der Waals surface area contributed by atoms with Crippen LogP contribution >= 0.6 is 24.8 Å². The largest absolute Gasteiger partial charge is 0.477 e. The summed E-state index contributed by atoms with van der Waals surface area (Å²) in [5.41, 5.74) is 9.00. The molecule has 31 nitrogen and oxygen atoms in total. The average molecular weight is 1650 g/mol. The highest BCUT2D eigenvalue weighted by molar-refractivity contribution is 5.90. The third kappa shape index (κ3) is 30.5. The molecule has 12 rings (SSSR count). The summed E-state index contributed by atoms with van der Waals surface area (Å²) in [5, 5.41) is 30.1. The fraction of sp³-hybridized carbons (Fsp3) is 0.573. The fourth-order valence-corrected chi connectivity index (χ4v) is 14.8. The van der Waals surface area contributed by atoms with E-state index in [2.05, 4.69) is 23.9 Å². The Morgan fingerprint density at radius 3 is 1.11 bits per heavy atom. The number of rotatable bonds is 14. The van der Waals surface area contributed by atoms with Crippen LogP contribution in [0.4, 0.5) is 16.2 Å². The van der Waals surface area contributed by atoms with Gasteiger partial charge in [-0.25, -0.2) is 28.8 Å². The van der Waals surface area contributed by atoms with Gasteiger partial charge in [0, 0.05) is 95.7 Å². The number of carboxylic acids is 1. The van der Waals surface area contributed by atoms with Crippen molar-refractivity contribution in [1.29, 1.82) is 0 Å². The van der Waals surface area contributed by atoms with E-state index >= 15 is 0 Å². The van der Waals surface area contributed by atoms with Gasteiger partial charge >= 0.3 is 35.6 Å². The summed E-state index contributed by atoms with van der Waals surface area (Å²) < 4.78 is 52.8. The number of anilines is 2. The number of hydrogen-bond donors (Lipinski definition) is 6. The molecule has 0 aliphatic heterocycles. The van der Waals surface area contributed by atoms with E-state index in [0.717, 1.165) is 148 Å². The Labute approximate surface area is 681 Å². The number of amides is 1. The fourth-order valence-electron chi connectivity index (χ4n) is 14.8. The van der Waals surface area contributed by atoms with Gasteiger partial charge in [-0.1, -0.05) is 0 Å². The molecule has 6 heterocycles. The van der Waals surface area contributed by atoms with Gasteiger partial charge in [0.05, 0.1) is 69.9 Å². The molecule has 0 spiro atoms. The molecule has 0 saturated heterocycles. The Hall–Kier alpha value is -9.05. The lowest BCUT2D eigenvalue weighted by Gasteiger charge is -2.29. The molecular formula is C82H118Cl2N8O23. The highest BCUT2D eigenvalue weighted by atomic mass is 35.5. The van der Waals surface area contributed by atoms with Crippen molar-refractivity contribution in [3.63, 3.8) is 0 Å². The number of methoxy groups -OCH3 is 7. The summed E-state index contributed by atoms with van der Waals surface area (Å²) in [4.78, 5) is 128. The number of pyridine rings is 5. The van der Waals surface area contributed by atoms with Crippen molar-refractivity contribution in [3.05, 3.63) is 194 Å². The maximum atomic E-state index is 12.6. The van der Waals surface area contributed by atoms with Crippen LogP contribution in [0.25, 0.3) is 0 Å². The second-order valence-corrected chi connectivity index (χ2v) is 29.7. The van der Waals surface area contributed by atoms with Gasteiger partial charge < -0.3 is 91.9 Å². The van der Waals surface area contributed by atoms with Crippen molar-refractivity contribution in [2.75, 3.05) is 60.8 Å². The Bertz CT molecular complexity index is 4390. The summed E-state index contributed by atoms with van der Waals surface area (Å²) in [6.45, 7) is 5.34. The molecule has 638 valence electrons. The van der Waals surface area contributed by atoms with E-state index in [9.17, 15) is 57.8 Å². The molecular weight excluding hydrogens is 1540 g/mol. The van der Waals surface area contributed by atoms with Gasteiger partial charge in [0.15, 0.2) is 0 Å². The van der Waals surface area contributed by atoms with Crippen LogP contribution in [0.3, 0.4) is 0 Å². The molecule has 0 aromatic carbocycles. The van der Waals surface area contributed by atoms with E-state index in [1.54, 1.807) is 124 Å². The van der Waals surface area contributed by atoms with E-state index in [4.69, 9.17) is 45.4 Å². The quantitative estimate of drug-likeness (QED) is 0.0436. The normalized spacial score (nSPS) is 22.8.